The van der Waals surface area contributed by atoms with Gasteiger partial charge in [0.2, 0.25) is 5.91 Å². The lowest BCUT2D eigenvalue weighted by Gasteiger charge is -2.26. The molecule has 2 aromatic carbocycles. The molecular weight excluding hydrogens is 361 g/mol. The number of benzene rings is 2. The van der Waals surface area contributed by atoms with Gasteiger partial charge in [0.25, 0.3) is 0 Å². The quantitative estimate of drug-likeness (QED) is 0.708. The van der Waals surface area contributed by atoms with Gasteiger partial charge in [-0.3, -0.25) is 4.79 Å². The molecule has 1 aliphatic carbocycles. The van der Waals surface area contributed by atoms with E-state index < -0.39 is 0 Å². The molecule has 1 fully saturated rings. The summed E-state index contributed by atoms with van der Waals surface area (Å²) in [5.74, 6) is 0.719. The molecule has 1 amide bonds. The van der Waals surface area contributed by atoms with Crippen molar-refractivity contribution in [2.45, 2.75) is 44.4 Å². The van der Waals surface area contributed by atoms with Gasteiger partial charge in [0.1, 0.15) is 23.9 Å². The van der Waals surface area contributed by atoms with Crippen molar-refractivity contribution in [1.82, 2.24) is 14.9 Å². The van der Waals surface area contributed by atoms with Crippen LogP contribution in [0.4, 0.5) is 4.39 Å². The van der Waals surface area contributed by atoms with E-state index in [-0.39, 0.29) is 30.4 Å². The number of hydrogen-bond donors (Lipinski definition) is 2. The van der Waals surface area contributed by atoms with Crippen LogP contribution in [0.15, 0.2) is 48.8 Å². The van der Waals surface area contributed by atoms with Crippen molar-refractivity contribution in [3.63, 3.8) is 0 Å². The van der Waals surface area contributed by atoms with Crippen molar-refractivity contribution < 1.29 is 19.0 Å². The number of aliphatic hydroxyl groups is 1. The number of rotatable bonds is 5. The highest BCUT2D eigenvalue weighted by Crippen LogP contribution is 2.25. The Bertz CT molecular complexity index is 963. The summed E-state index contributed by atoms with van der Waals surface area (Å²) in [4.78, 5) is 16.8. The highest BCUT2D eigenvalue weighted by atomic mass is 19.1. The van der Waals surface area contributed by atoms with Gasteiger partial charge >= 0.3 is 0 Å². The number of aliphatic hydroxyl groups excluding tert-OH is 1. The third-order valence-electron chi connectivity index (χ3n) is 5.02. The van der Waals surface area contributed by atoms with Gasteiger partial charge in [0.05, 0.1) is 23.5 Å². The fourth-order valence-electron chi connectivity index (χ4n) is 3.51. The monoisotopic (exact) mass is 383 g/mol. The first-order valence-electron chi connectivity index (χ1n) is 9.42. The summed E-state index contributed by atoms with van der Waals surface area (Å²) in [6, 6.07) is 11.3. The smallest absolute Gasteiger partial charge is 0.240 e. The number of fused-ring (bicyclic) bond motifs is 1. The third kappa shape index (κ3) is 4.31. The maximum Gasteiger partial charge on any atom is 0.240 e. The first-order valence-corrected chi connectivity index (χ1v) is 9.42. The Morgan fingerprint density at radius 1 is 1.14 bits per heavy atom. The van der Waals surface area contributed by atoms with Crippen molar-refractivity contribution in [3.8, 4) is 11.5 Å². The normalized spacial score (nSPS) is 19.5. The molecule has 3 aromatic rings. The van der Waals surface area contributed by atoms with Crippen LogP contribution in [0.5, 0.6) is 11.5 Å². The molecule has 1 aromatic heterocycles. The number of aromatic nitrogens is 2. The minimum absolute atomic E-state index is 0.0782. The molecule has 0 radical (unpaired) electrons. The molecule has 0 bridgehead atoms. The van der Waals surface area contributed by atoms with Crippen LogP contribution in [-0.4, -0.2) is 32.7 Å². The Hall–Kier alpha value is -2.93. The zero-order valence-electron chi connectivity index (χ0n) is 15.3. The van der Waals surface area contributed by atoms with Gasteiger partial charge in [0, 0.05) is 12.1 Å². The first-order chi connectivity index (χ1) is 13.6. The number of hydrogen-bond acceptors (Lipinski definition) is 4. The Morgan fingerprint density at radius 2 is 1.86 bits per heavy atom. The second-order valence-corrected chi connectivity index (χ2v) is 7.15. The molecule has 4 rings (SSSR count). The first kappa shape index (κ1) is 18.4. The fourth-order valence-corrected chi connectivity index (χ4v) is 3.51. The van der Waals surface area contributed by atoms with Crippen LogP contribution < -0.4 is 10.1 Å². The van der Waals surface area contributed by atoms with Crippen molar-refractivity contribution >= 4 is 16.9 Å². The number of nitrogens with one attached hydrogen (secondary N) is 1. The van der Waals surface area contributed by atoms with Crippen molar-refractivity contribution in [3.05, 3.63) is 54.6 Å². The lowest BCUT2D eigenvalue weighted by Crippen LogP contribution is -2.40. The van der Waals surface area contributed by atoms with E-state index in [4.69, 9.17) is 4.74 Å². The molecule has 0 aliphatic heterocycles. The van der Waals surface area contributed by atoms with Gasteiger partial charge in [0.15, 0.2) is 0 Å². The third-order valence-corrected chi connectivity index (χ3v) is 5.02. The van der Waals surface area contributed by atoms with E-state index in [1.54, 1.807) is 29.1 Å². The van der Waals surface area contributed by atoms with E-state index in [9.17, 15) is 14.3 Å². The topological polar surface area (TPSA) is 76.4 Å². The fraction of sp³-hybridized carbons (Fsp3) is 0.333. The van der Waals surface area contributed by atoms with Gasteiger partial charge in [-0.2, -0.15) is 0 Å². The average Bonchev–Trinajstić information content (AvgIpc) is 3.07. The molecule has 1 aliphatic rings. The zero-order chi connectivity index (χ0) is 19.5. The average molecular weight is 383 g/mol. The van der Waals surface area contributed by atoms with E-state index in [1.165, 1.54) is 12.1 Å². The van der Waals surface area contributed by atoms with Crippen LogP contribution in [0, 0.1) is 5.82 Å². The number of ether oxygens (including phenoxy) is 1. The summed E-state index contributed by atoms with van der Waals surface area (Å²) in [7, 11) is 0. The summed E-state index contributed by atoms with van der Waals surface area (Å²) in [5.41, 5.74) is 1.55. The van der Waals surface area contributed by atoms with Crippen LogP contribution in [0.3, 0.4) is 0 Å². The number of halogens is 1. The predicted octanol–water partition coefficient (Wildman–Crippen LogP) is 3.39. The van der Waals surface area contributed by atoms with E-state index in [2.05, 4.69) is 10.3 Å². The molecule has 1 saturated carbocycles. The minimum Gasteiger partial charge on any atom is -0.457 e. The molecule has 7 heteroatoms. The van der Waals surface area contributed by atoms with Gasteiger partial charge in [-0.1, -0.05) is 0 Å². The molecule has 2 N–H and O–H groups in total. The minimum atomic E-state index is -0.320. The highest BCUT2D eigenvalue weighted by Gasteiger charge is 2.21. The Kier molecular flexibility index (Phi) is 5.25. The molecule has 146 valence electrons. The van der Waals surface area contributed by atoms with Crippen LogP contribution >= 0.6 is 0 Å². The Balaban J connectivity index is 1.45. The summed E-state index contributed by atoms with van der Waals surface area (Å²) >= 11 is 0. The standard InChI is InChI=1S/C21H22FN3O3/c22-14-1-7-17(8-2-14)28-18-9-10-19-20(11-18)25(13-23-19)12-21(27)24-15-3-5-16(26)6-4-15/h1-2,7-11,13,15-16,26H,3-6,12H2,(H,24,27). The summed E-state index contributed by atoms with van der Waals surface area (Å²) in [6.07, 6.45) is 4.44. The van der Waals surface area contributed by atoms with Gasteiger partial charge in [-0.25, -0.2) is 9.37 Å². The highest BCUT2D eigenvalue weighted by molar-refractivity contribution is 5.81. The van der Waals surface area contributed by atoms with Crippen LogP contribution in [-0.2, 0) is 11.3 Å². The number of carbonyl (C=O) groups is 1. The molecule has 0 atom stereocenters. The maximum atomic E-state index is 13.0. The SMILES string of the molecule is O=C(Cn1cnc2ccc(Oc3ccc(F)cc3)cc21)NC1CCC(O)CC1. The molecule has 28 heavy (non-hydrogen) atoms. The number of amides is 1. The van der Waals surface area contributed by atoms with Gasteiger partial charge < -0.3 is 19.7 Å². The van der Waals surface area contributed by atoms with E-state index in [0.717, 1.165) is 36.7 Å². The van der Waals surface area contributed by atoms with E-state index >= 15 is 0 Å². The zero-order valence-corrected chi connectivity index (χ0v) is 15.3. The predicted molar refractivity (Wildman–Crippen MR) is 103 cm³/mol. The van der Waals surface area contributed by atoms with Crippen LogP contribution in [0.25, 0.3) is 11.0 Å². The molecule has 6 nitrogen and oxygen atoms in total. The second kappa shape index (κ2) is 7.98. The summed E-state index contributed by atoms with van der Waals surface area (Å²) in [6.45, 7) is 0.162. The molecule has 0 saturated heterocycles. The number of nitrogens with zero attached hydrogens (tertiary/aromatic N) is 2. The van der Waals surface area contributed by atoms with Crippen molar-refractivity contribution in [2.24, 2.45) is 0 Å². The Labute approximate surface area is 162 Å². The largest absolute Gasteiger partial charge is 0.457 e. The lowest BCUT2D eigenvalue weighted by atomic mass is 9.93. The summed E-state index contributed by atoms with van der Waals surface area (Å²) in [5, 5.41) is 12.6. The molecule has 1 heterocycles. The van der Waals surface area contributed by atoms with Gasteiger partial charge in [-0.05, 0) is 62.1 Å². The molecule has 0 spiro atoms. The van der Waals surface area contributed by atoms with Crippen molar-refractivity contribution in [2.75, 3.05) is 0 Å². The molecule has 0 unspecified atom stereocenters. The van der Waals surface area contributed by atoms with E-state index in [0.29, 0.717) is 11.5 Å². The van der Waals surface area contributed by atoms with Gasteiger partial charge in [-0.15, -0.1) is 0 Å². The Morgan fingerprint density at radius 3 is 2.61 bits per heavy atom. The molecular formula is C21H22FN3O3. The maximum absolute atomic E-state index is 13.0. The van der Waals surface area contributed by atoms with Crippen molar-refractivity contribution in [1.29, 1.82) is 0 Å². The second-order valence-electron chi connectivity index (χ2n) is 7.15. The lowest BCUT2D eigenvalue weighted by molar-refractivity contribution is -0.122. The summed E-state index contributed by atoms with van der Waals surface area (Å²) < 4.78 is 20.6. The van der Waals surface area contributed by atoms with Crippen LogP contribution in [0.2, 0.25) is 0 Å². The number of imidazole rings is 1. The van der Waals surface area contributed by atoms with Crippen LogP contribution in [0.1, 0.15) is 25.7 Å². The number of carbonyl (C=O) groups excluding carboxylic acids is 1. The van der Waals surface area contributed by atoms with E-state index in [1.807, 2.05) is 12.1 Å².